The lowest BCUT2D eigenvalue weighted by Crippen LogP contribution is -2.05. The Kier molecular flexibility index (Phi) is 4.32. The molecule has 0 saturated heterocycles. The molecule has 6 heteroatoms. The van der Waals surface area contributed by atoms with Gasteiger partial charge in [-0.15, -0.1) is 0 Å². The Balaban J connectivity index is 1.92. The monoisotopic (exact) mass is 473 g/mol. The van der Waals surface area contributed by atoms with Gasteiger partial charge in [0.2, 0.25) is 0 Å². The number of carboxylic acids is 1. The molecule has 2 N–H and O–H groups in total. The van der Waals surface area contributed by atoms with E-state index in [2.05, 4.69) is 31.9 Å². The van der Waals surface area contributed by atoms with Gasteiger partial charge in [-0.3, -0.25) is 0 Å². The van der Waals surface area contributed by atoms with Crippen molar-refractivity contribution in [1.82, 2.24) is 4.98 Å². The van der Waals surface area contributed by atoms with Gasteiger partial charge >= 0.3 is 5.97 Å². The molecule has 1 aromatic heterocycles. The fourth-order valence-electron chi connectivity index (χ4n) is 3.39. The summed E-state index contributed by atoms with van der Waals surface area (Å²) in [6, 6.07) is 11.0. The van der Waals surface area contributed by atoms with Crippen LogP contribution in [0, 0.1) is 0 Å². The molecule has 0 spiro atoms. The van der Waals surface area contributed by atoms with Crippen molar-refractivity contribution in [1.29, 1.82) is 0 Å². The third kappa shape index (κ3) is 2.83. The Bertz CT molecular complexity index is 1080. The molecule has 4 nitrogen and oxygen atoms in total. The number of aromatic nitrogens is 1. The summed E-state index contributed by atoms with van der Waals surface area (Å²) >= 11 is 6.68. The number of phenolic OH excluding ortho intramolecular Hbond substituents is 1. The van der Waals surface area contributed by atoms with Crippen molar-refractivity contribution in [3.8, 4) is 5.75 Å². The van der Waals surface area contributed by atoms with Crippen molar-refractivity contribution in [2.45, 2.75) is 12.8 Å². The number of allylic oxidation sites excluding steroid dienone is 1. The number of fused-ring (bicyclic) bond motifs is 2. The molecule has 3 aromatic rings. The second-order valence-electron chi connectivity index (χ2n) is 6.14. The lowest BCUT2D eigenvalue weighted by molar-refractivity contribution is 0.0698. The molecule has 0 saturated carbocycles. The highest BCUT2D eigenvalue weighted by molar-refractivity contribution is 9.11. The van der Waals surface area contributed by atoms with Crippen LogP contribution in [0.25, 0.3) is 22.6 Å². The predicted molar refractivity (Wildman–Crippen MR) is 108 cm³/mol. The molecule has 1 heterocycles. The Morgan fingerprint density at radius 1 is 1.12 bits per heavy atom. The number of para-hydroxylation sites is 1. The summed E-state index contributed by atoms with van der Waals surface area (Å²) in [4.78, 5) is 16.6. The minimum Gasteiger partial charge on any atom is -0.506 e. The van der Waals surface area contributed by atoms with Gasteiger partial charge in [-0.2, -0.15) is 0 Å². The zero-order valence-corrected chi connectivity index (χ0v) is 16.6. The number of carbonyl (C=O) groups is 1. The lowest BCUT2D eigenvalue weighted by atomic mass is 10.0. The highest BCUT2D eigenvalue weighted by Crippen LogP contribution is 2.39. The Morgan fingerprint density at radius 2 is 1.81 bits per heavy atom. The number of aromatic hydroxyl groups is 1. The summed E-state index contributed by atoms with van der Waals surface area (Å²) in [6.07, 6.45) is 3.38. The molecule has 1 aliphatic rings. The van der Waals surface area contributed by atoms with Gasteiger partial charge in [-0.25, -0.2) is 9.78 Å². The standard InChI is InChI=1S/C20H13Br2NO3/c21-14-8-10(9-15(22)19(14)24)7-11-5-6-13-17(20(25)26)12-3-1-2-4-16(12)23-18(11)13/h1-4,7-9,24H,5-6H2,(H,25,26)/b11-7-. The largest absolute Gasteiger partial charge is 0.506 e. The van der Waals surface area contributed by atoms with Crippen LogP contribution in [-0.4, -0.2) is 21.2 Å². The third-order valence-corrected chi connectivity index (χ3v) is 5.74. The number of benzene rings is 2. The molecule has 2 aromatic carbocycles. The van der Waals surface area contributed by atoms with Crippen LogP contribution in [0.4, 0.5) is 0 Å². The summed E-state index contributed by atoms with van der Waals surface area (Å²) < 4.78 is 1.18. The van der Waals surface area contributed by atoms with Crippen LogP contribution < -0.4 is 0 Å². The quantitative estimate of drug-likeness (QED) is 0.503. The average Bonchev–Trinajstić information content (AvgIpc) is 2.99. The Hall–Kier alpha value is -2.18. The summed E-state index contributed by atoms with van der Waals surface area (Å²) in [5.74, 6) is -0.771. The number of nitrogens with zero attached hydrogens (tertiary/aromatic N) is 1. The van der Waals surface area contributed by atoms with Gasteiger partial charge in [-0.05, 0) is 85.7 Å². The summed E-state index contributed by atoms with van der Waals surface area (Å²) in [5.41, 5.74) is 4.47. The predicted octanol–water partition coefficient (Wildman–Crippen LogP) is 5.65. The molecule has 26 heavy (non-hydrogen) atoms. The van der Waals surface area contributed by atoms with Gasteiger partial charge in [-0.1, -0.05) is 18.2 Å². The van der Waals surface area contributed by atoms with Crippen molar-refractivity contribution in [3.63, 3.8) is 0 Å². The van der Waals surface area contributed by atoms with E-state index in [1.165, 1.54) is 0 Å². The van der Waals surface area contributed by atoms with E-state index in [1.54, 1.807) is 0 Å². The molecular weight excluding hydrogens is 462 g/mol. The topological polar surface area (TPSA) is 70.4 Å². The number of aromatic carboxylic acids is 1. The smallest absolute Gasteiger partial charge is 0.336 e. The fraction of sp³-hybridized carbons (Fsp3) is 0.100. The first-order valence-electron chi connectivity index (χ1n) is 7.99. The maximum Gasteiger partial charge on any atom is 0.336 e. The van der Waals surface area contributed by atoms with E-state index >= 15 is 0 Å². The molecule has 0 atom stereocenters. The van der Waals surface area contributed by atoms with Crippen molar-refractivity contribution in [2.75, 3.05) is 0 Å². The van der Waals surface area contributed by atoms with Crippen molar-refractivity contribution < 1.29 is 15.0 Å². The van der Waals surface area contributed by atoms with Gasteiger partial charge < -0.3 is 10.2 Å². The number of hydrogen-bond acceptors (Lipinski definition) is 3. The summed E-state index contributed by atoms with van der Waals surface area (Å²) in [5, 5.41) is 20.3. The molecule has 0 aliphatic heterocycles. The number of pyridine rings is 1. The maximum absolute atomic E-state index is 11.9. The van der Waals surface area contributed by atoms with E-state index < -0.39 is 5.97 Å². The highest BCUT2D eigenvalue weighted by Gasteiger charge is 2.26. The molecule has 0 unspecified atom stereocenters. The van der Waals surface area contributed by atoms with E-state index in [0.29, 0.717) is 31.8 Å². The number of halogens is 2. The molecular formula is C20H13Br2NO3. The van der Waals surface area contributed by atoms with E-state index in [4.69, 9.17) is 4.98 Å². The van der Waals surface area contributed by atoms with Crippen LogP contribution in [0.2, 0.25) is 0 Å². The SMILES string of the molecule is O=C(O)c1c2c(nc3ccccc13)/C(=C\c1cc(Br)c(O)c(Br)c1)CC2. The summed E-state index contributed by atoms with van der Waals surface area (Å²) in [6.45, 7) is 0. The molecule has 0 bridgehead atoms. The van der Waals surface area contributed by atoms with Crippen LogP contribution in [-0.2, 0) is 6.42 Å². The van der Waals surface area contributed by atoms with E-state index in [-0.39, 0.29) is 5.75 Å². The minimum atomic E-state index is -0.920. The molecule has 4 rings (SSSR count). The lowest BCUT2D eigenvalue weighted by Gasteiger charge is -2.09. The number of rotatable bonds is 2. The van der Waals surface area contributed by atoms with Crippen LogP contribution in [0.5, 0.6) is 5.75 Å². The average molecular weight is 475 g/mol. The van der Waals surface area contributed by atoms with Crippen LogP contribution >= 0.6 is 31.9 Å². The third-order valence-electron chi connectivity index (χ3n) is 4.54. The van der Waals surface area contributed by atoms with Crippen LogP contribution in [0.1, 0.15) is 33.6 Å². The normalized spacial score (nSPS) is 14.8. The van der Waals surface area contributed by atoms with Crippen molar-refractivity contribution in [3.05, 3.63) is 67.7 Å². The van der Waals surface area contributed by atoms with Crippen LogP contribution in [0.3, 0.4) is 0 Å². The highest BCUT2D eigenvalue weighted by atomic mass is 79.9. The molecule has 1 aliphatic carbocycles. The number of phenols is 1. The zero-order chi connectivity index (χ0) is 18.4. The van der Waals surface area contributed by atoms with Gasteiger partial charge in [0.25, 0.3) is 0 Å². The van der Waals surface area contributed by atoms with Gasteiger partial charge in [0.1, 0.15) is 5.75 Å². The first kappa shape index (κ1) is 17.2. The fourth-order valence-corrected chi connectivity index (χ4v) is 4.61. The van der Waals surface area contributed by atoms with Crippen molar-refractivity contribution >= 4 is 60.4 Å². The zero-order valence-electron chi connectivity index (χ0n) is 13.5. The number of hydrogen-bond donors (Lipinski definition) is 2. The molecule has 0 amide bonds. The van der Waals surface area contributed by atoms with Gasteiger partial charge in [0.05, 0.1) is 25.7 Å². The second-order valence-corrected chi connectivity index (χ2v) is 7.85. The Labute approximate surface area is 166 Å². The summed E-state index contributed by atoms with van der Waals surface area (Å²) in [7, 11) is 0. The van der Waals surface area contributed by atoms with Gasteiger partial charge in [0, 0.05) is 5.39 Å². The molecule has 130 valence electrons. The van der Waals surface area contributed by atoms with Crippen molar-refractivity contribution in [2.24, 2.45) is 0 Å². The maximum atomic E-state index is 11.9. The van der Waals surface area contributed by atoms with Crippen LogP contribution in [0.15, 0.2) is 45.3 Å². The van der Waals surface area contributed by atoms with E-state index in [9.17, 15) is 15.0 Å². The van der Waals surface area contributed by atoms with Gasteiger partial charge in [0.15, 0.2) is 0 Å². The molecule has 0 fully saturated rings. The first-order chi connectivity index (χ1) is 12.5. The Morgan fingerprint density at radius 3 is 2.50 bits per heavy atom. The minimum absolute atomic E-state index is 0.149. The molecule has 0 radical (unpaired) electrons. The van der Waals surface area contributed by atoms with E-state index in [1.807, 2.05) is 42.5 Å². The second kappa shape index (κ2) is 6.52. The number of carboxylic acid groups (broad SMARTS) is 1. The first-order valence-corrected chi connectivity index (χ1v) is 9.58. The van der Waals surface area contributed by atoms with E-state index in [0.717, 1.165) is 28.8 Å².